The molecule has 1 N–H and O–H groups in total. The number of aromatic nitrogens is 1. The minimum absolute atomic E-state index is 0.0271. The second kappa shape index (κ2) is 5.29. The predicted molar refractivity (Wildman–Crippen MR) is 73.0 cm³/mol. The van der Waals surface area contributed by atoms with Crippen LogP contribution in [0.4, 0.5) is 5.69 Å². The summed E-state index contributed by atoms with van der Waals surface area (Å²) in [5.41, 5.74) is 0.745. The van der Waals surface area contributed by atoms with E-state index in [1.165, 1.54) is 18.2 Å². The van der Waals surface area contributed by atoms with Crippen molar-refractivity contribution < 1.29 is 13.5 Å². The van der Waals surface area contributed by atoms with Crippen LogP contribution >= 0.6 is 0 Å². The van der Waals surface area contributed by atoms with Crippen LogP contribution in [0.25, 0.3) is 11.1 Å². The molecule has 2 heterocycles. The molecular weight excluding hydrogens is 282 g/mol. The molecule has 1 saturated heterocycles. The lowest BCUT2D eigenvalue weighted by Gasteiger charge is -2.20. The van der Waals surface area contributed by atoms with Gasteiger partial charge in [0.1, 0.15) is 16.3 Å². The number of rotatable bonds is 3. The minimum atomic E-state index is -1.31. The summed E-state index contributed by atoms with van der Waals surface area (Å²) in [4.78, 5) is 14.4. The van der Waals surface area contributed by atoms with E-state index in [4.69, 9.17) is 4.42 Å². The molecule has 0 aliphatic carbocycles. The number of oxazole rings is 1. The Bertz CT molecular complexity index is 678. The molecule has 1 aliphatic heterocycles. The molecule has 1 aromatic carbocycles. The highest BCUT2D eigenvalue weighted by atomic mass is 32.2. The molecule has 0 amide bonds. The number of nitro benzene ring substituents is 1. The summed E-state index contributed by atoms with van der Waals surface area (Å²) in [6, 6.07) is 4.18. The molecule has 1 fully saturated rings. The van der Waals surface area contributed by atoms with Crippen molar-refractivity contribution in [2.75, 3.05) is 13.1 Å². The Morgan fingerprint density at radius 2 is 2.15 bits per heavy atom. The van der Waals surface area contributed by atoms with E-state index in [2.05, 4.69) is 10.3 Å². The molecule has 8 heteroatoms. The number of benzene rings is 1. The second-order valence-electron chi connectivity index (χ2n) is 4.64. The number of piperidine rings is 1. The number of hydrogen-bond donors (Lipinski definition) is 1. The van der Waals surface area contributed by atoms with Crippen LogP contribution in [0.5, 0.6) is 0 Å². The number of nitrogens with zero attached hydrogens (tertiary/aromatic N) is 2. The zero-order valence-electron chi connectivity index (χ0n) is 10.6. The maximum atomic E-state index is 12.4. The summed E-state index contributed by atoms with van der Waals surface area (Å²) in [5, 5.41) is 14.1. The quantitative estimate of drug-likeness (QED) is 0.682. The summed E-state index contributed by atoms with van der Waals surface area (Å²) in [7, 11) is -1.31. The molecule has 0 radical (unpaired) electrons. The molecule has 0 saturated carbocycles. The van der Waals surface area contributed by atoms with Gasteiger partial charge in [-0.15, -0.1) is 0 Å². The van der Waals surface area contributed by atoms with Gasteiger partial charge in [0, 0.05) is 17.4 Å². The SMILES string of the molecule is O=[N+]([O-])c1ccc2oc([S@@](=O)C3CCNCC3)nc2c1. The fourth-order valence-corrected chi connectivity index (χ4v) is 3.56. The first-order valence-corrected chi connectivity index (χ1v) is 7.53. The van der Waals surface area contributed by atoms with Crippen molar-refractivity contribution in [3.05, 3.63) is 28.3 Å². The van der Waals surface area contributed by atoms with Crippen LogP contribution in [0, 0.1) is 10.1 Å². The van der Waals surface area contributed by atoms with Gasteiger partial charge in [0.2, 0.25) is 0 Å². The maximum absolute atomic E-state index is 12.4. The van der Waals surface area contributed by atoms with Crippen LogP contribution in [0.1, 0.15) is 12.8 Å². The van der Waals surface area contributed by atoms with Crippen molar-refractivity contribution in [2.24, 2.45) is 0 Å². The largest absolute Gasteiger partial charge is 0.430 e. The van der Waals surface area contributed by atoms with Crippen molar-refractivity contribution in [1.82, 2.24) is 10.3 Å². The predicted octanol–water partition coefficient (Wildman–Crippen LogP) is 1.60. The van der Waals surface area contributed by atoms with Crippen LogP contribution in [0.15, 0.2) is 27.8 Å². The van der Waals surface area contributed by atoms with Gasteiger partial charge in [0.05, 0.1) is 4.92 Å². The normalized spacial score (nSPS) is 18.2. The van der Waals surface area contributed by atoms with Gasteiger partial charge < -0.3 is 9.73 Å². The van der Waals surface area contributed by atoms with E-state index >= 15 is 0 Å². The standard InChI is InChI=1S/C12H13N3O4S/c16-15(17)8-1-2-11-10(7-8)14-12(19-11)20(18)9-3-5-13-6-4-9/h1-2,7,9,13H,3-6H2/t20-/m0/s1. The third kappa shape index (κ3) is 2.44. The van der Waals surface area contributed by atoms with Crippen molar-refractivity contribution in [3.63, 3.8) is 0 Å². The molecule has 7 nitrogen and oxygen atoms in total. The van der Waals surface area contributed by atoms with Crippen molar-refractivity contribution >= 4 is 27.6 Å². The van der Waals surface area contributed by atoms with Gasteiger partial charge in [-0.25, -0.2) is 9.19 Å². The fraction of sp³-hybridized carbons (Fsp3) is 0.417. The Morgan fingerprint density at radius 3 is 2.85 bits per heavy atom. The molecule has 20 heavy (non-hydrogen) atoms. The highest BCUT2D eigenvalue weighted by Crippen LogP contribution is 2.25. The maximum Gasteiger partial charge on any atom is 0.288 e. The number of hydrogen-bond acceptors (Lipinski definition) is 6. The van der Waals surface area contributed by atoms with Crippen LogP contribution < -0.4 is 5.32 Å². The molecular formula is C12H13N3O4S. The number of nitrogens with one attached hydrogen (secondary N) is 1. The van der Waals surface area contributed by atoms with E-state index < -0.39 is 15.7 Å². The number of fused-ring (bicyclic) bond motifs is 1. The van der Waals surface area contributed by atoms with Gasteiger partial charge in [-0.05, 0) is 32.0 Å². The lowest BCUT2D eigenvalue weighted by Crippen LogP contribution is -2.33. The zero-order valence-corrected chi connectivity index (χ0v) is 11.4. The summed E-state index contributed by atoms with van der Waals surface area (Å²) in [6.45, 7) is 1.67. The van der Waals surface area contributed by atoms with Gasteiger partial charge in [-0.3, -0.25) is 10.1 Å². The Balaban J connectivity index is 1.92. The lowest BCUT2D eigenvalue weighted by atomic mass is 10.2. The van der Waals surface area contributed by atoms with Crippen molar-refractivity contribution in [1.29, 1.82) is 0 Å². The summed E-state index contributed by atoms with van der Waals surface area (Å²) >= 11 is 0. The van der Waals surface area contributed by atoms with Crippen molar-refractivity contribution in [3.8, 4) is 0 Å². The zero-order chi connectivity index (χ0) is 14.1. The highest BCUT2D eigenvalue weighted by Gasteiger charge is 2.25. The fourth-order valence-electron chi connectivity index (χ4n) is 2.25. The molecule has 1 aliphatic rings. The minimum Gasteiger partial charge on any atom is -0.430 e. The van der Waals surface area contributed by atoms with Crippen LogP contribution in [-0.2, 0) is 10.8 Å². The average Bonchev–Trinajstić information content (AvgIpc) is 2.90. The van der Waals surface area contributed by atoms with Crippen molar-refractivity contribution in [2.45, 2.75) is 23.3 Å². The van der Waals surface area contributed by atoms with Gasteiger partial charge in [0.15, 0.2) is 5.58 Å². The smallest absolute Gasteiger partial charge is 0.288 e. The third-order valence-electron chi connectivity index (χ3n) is 3.32. The first-order valence-electron chi connectivity index (χ1n) is 6.31. The van der Waals surface area contributed by atoms with E-state index in [9.17, 15) is 14.3 Å². The van der Waals surface area contributed by atoms with Crippen LogP contribution in [0.3, 0.4) is 0 Å². The van der Waals surface area contributed by atoms with E-state index in [0.29, 0.717) is 11.1 Å². The molecule has 0 bridgehead atoms. The monoisotopic (exact) mass is 295 g/mol. The van der Waals surface area contributed by atoms with Gasteiger partial charge in [-0.2, -0.15) is 0 Å². The Hall–Kier alpha value is -1.80. The second-order valence-corrected chi connectivity index (χ2v) is 6.25. The Labute approximate surface area is 117 Å². The topological polar surface area (TPSA) is 98.3 Å². The van der Waals surface area contributed by atoms with E-state index in [1.54, 1.807) is 0 Å². The number of nitro groups is 1. The summed E-state index contributed by atoms with van der Waals surface area (Å²) in [5.74, 6) is 0. The van der Waals surface area contributed by atoms with E-state index in [-0.39, 0.29) is 16.2 Å². The molecule has 2 aromatic rings. The molecule has 106 valence electrons. The Kier molecular flexibility index (Phi) is 3.49. The van der Waals surface area contributed by atoms with Gasteiger partial charge in [0.25, 0.3) is 10.9 Å². The van der Waals surface area contributed by atoms with E-state index in [1.807, 2.05) is 0 Å². The summed E-state index contributed by atoms with van der Waals surface area (Å²) < 4.78 is 17.8. The number of non-ortho nitro benzene ring substituents is 1. The lowest BCUT2D eigenvalue weighted by molar-refractivity contribution is -0.384. The third-order valence-corrected chi connectivity index (χ3v) is 4.92. The first-order chi connectivity index (χ1) is 9.65. The molecule has 1 aromatic heterocycles. The summed E-state index contributed by atoms with van der Waals surface area (Å²) in [6.07, 6.45) is 1.62. The first kappa shape index (κ1) is 13.2. The molecule has 0 unspecified atom stereocenters. The van der Waals surface area contributed by atoms with Crippen LogP contribution in [-0.4, -0.2) is 32.5 Å². The van der Waals surface area contributed by atoms with Gasteiger partial charge in [-0.1, -0.05) is 0 Å². The Morgan fingerprint density at radius 1 is 1.40 bits per heavy atom. The van der Waals surface area contributed by atoms with Crippen LogP contribution in [0.2, 0.25) is 0 Å². The highest BCUT2D eigenvalue weighted by molar-refractivity contribution is 7.85. The van der Waals surface area contributed by atoms with Gasteiger partial charge >= 0.3 is 0 Å². The molecule has 1 atom stereocenters. The average molecular weight is 295 g/mol. The van der Waals surface area contributed by atoms with E-state index in [0.717, 1.165) is 25.9 Å². The molecule has 3 rings (SSSR count). The molecule has 0 spiro atoms.